The van der Waals surface area contributed by atoms with Crippen molar-refractivity contribution in [3.05, 3.63) is 35.9 Å². The Kier molecular flexibility index (Phi) is 14.9. The van der Waals surface area contributed by atoms with Crippen LogP contribution in [0.4, 0.5) is 0 Å². The Labute approximate surface area is 148 Å². The minimum absolute atomic E-state index is 0.632. The molecular formula is C21H36O3. The summed E-state index contributed by atoms with van der Waals surface area (Å²) < 4.78 is 16.7. The van der Waals surface area contributed by atoms with E-state index in [2.05, 4.69) is 19.1 Å². The SMILES string of the molecule is CCCCCCCCCCOCCOCCOCc1ccccc1. The van der Waals surface area contributed by atoms with Crippen LogP contribution in [0.2, 0.25) is 0 Å². The monoisotopic (exact) mass is 336 g/mol. The van der Waals surface area contributed by atoms with Crippen LogP contribution < -0.4 is 0 Å². The highest BCUT2D eigenvalue weighted by Crippen LogP contribution is 2.08. The molecule has 0 radical (unpaired) electrons. The molecule has 24 heavy (non-hydrogen) atoms. The van der Waals surface area contributed by atoms with Crippen LogP contribution in [0, 0.1) is 0 Å². The summed E-state index contributed by atoms with van der Waals surface area (Å²) in [6, 6.07) is 10.2. The lowest BCUT2D eigenvalue weighted by molar-refractivity contribution is 0.0100. The third-order valence-electron chi connectivity index (χ3n) is 4.00. The van der Waals surface area contributed by atoms with Crippen LogP contribution >= 0.6 is 0 Å². The van der Waals surface area contributed by atoms with Gasteiger partial charge in [0, 0.05) is 6.61 Å². The molecule has 0 aliphatic rings. The Morgan fingerprint density at radius 1 is 0.583 bits per heavy atom. The lowest BCUT2D eigenvalue weighted by atomic mass is 10.1. The highest BCUT2D eigenvalue weighted by molar-refractivity contribution is 5.13. The number of hydrogen-bond acceptors (Lipinski definition) is 3. The lowest BCUT2D eigenvalue weighted by Crippen LogP contribution is -2.09. The Morgan fingerprint density at radius 3 is 1.79 bits per heavy atom. The molecule has 0 atom stereocenters. The normalized spacial score (nSPS) is 11.0. The lowest BCUT2D eigenvalue weighted by Gasteiger charge is -2.07. The summed E-state index contributed by atoms with van der Waals surface area (Å²) in [6.07, 6.45) is 10.7. The Balaban J connectivity index is 1.70. The highest BCUT2D eigenvalue weighted by atomic mass is 16.5. The summed E-state index contributed by atoms with van der Waals surface area (Å²) >= 11 is 0. The first-order chi connectivity index (χ1) is 11.9. The molecule has 0 amide bonds. The van der Waals surface area contributed by atoms with Gasteiger partial charge in [-0.15, -0.1) is 0 Å². The fourth-order valence-electron chi connectivity index (χ4n) is 2.54. The van der Waals surface area contributed by atoms with Crippen molar-refractivity contribution in [3.63, 3.8) is 0 Å². The summed E-state index contributed by atoms with van der Waals surface area (Å²) in [5, 5.41) is 0. The van der Waals surface area contributed by atoms with Crippen LogP contribution in [0.1, 0.15) is 63.9 Å². The predicted octanol–water partition coefficient (Wildman–Crippen LogP) is 5.38. The summed E-state index contributed by atoms with van der Waals surface area (Å²) in [5.41, 5.74) is 1.20. The van der Waals surface area contributed by atoms with Crippen molar-refractivity contribution < 1.29 is 14.2 Å². The molecule has 3 heteroatoms. The van der Waals surface area contributed by atoms with Gasteiger partial charge in [0.1, 0.15) is 0 Å². The molecule has 0 unspecified atom stereocenters. The average Bonchev–Trinajstić information content (AvgIpc) is 2.62. The van der Waals surface area contributed by atoms with Crippen LogP contribution in [0.15, 0.2) is 30.3 Å². The van der Waals surface area contributed by atoms with Crippen LogP contribution in [0.25, 0.3) is 0 Å². The molecule has 0 bridgehead atoms. The smallest absolute Gasteiger partial charge is 0.0718 e. The first-order valence-electron chi connectivity index (χ1n) is 9.70. The molecule has 0 fully saturated rings. The van der Waals surface area contributed by atoms with Crippen molar-refractivity contribution in [3.8, 4) is 0 Å². The first kappa shape index (κ1) is 21.1. The fraction of sp³-hybridized carbons (Fsp3) is 0.714. The van der Waals surface area contributed by atoms with Crippen molar-refractivity contribution in [2.24, 2.45) is 0 Å². The van der Waals surface area contributed by atoms with E-state index in [1.165, 1.54) is 56.9 Å². The zero-order chi connectivity index (χ0) is 17.1. The van der Waals surface area contributed by atoms with Gasteiger partial charge in [-0.1, -0.05) is 82.2 Å². The molecule has 0 saturated heterocycles. The highest BCUT2D eigenvalue weighted by Gasteiger charge is 1.94. The predicted molar refractivity (Wildman–Crippen MR) is 100 cm³/mol. The van der Waals surface area contributed by atoms with Crippen molar-refractivity contribution in [1.82, 2.24) is 0 Å². The molecule has 0 N–H and O–H groups in total. The fourth-order valence-corrected chi connectivity index (χ4v) is 2.54. The van der Waals surface area contributed by atoms with Crippen molar-refractivity contribution in [2.75, 3.05) is 33.0 Å². The number of rotatable bonds is 17. The third-order valence-corrected chi connectivity index (χ3v) is 4.00. The van der Waals surface area contributed by atoms with Gasteiger partial charge in [0.25, 0.3) is 0 Å². The zero-order valence-electron chi connectivity index (χ0n) is 15.5. The number of benzene rings is 1. The van der Waals surface area contributed by atoms with E-state index in [0.717, 1.165) is 6.61 Å². The molecule has 1 aromatic rings. The summed E-state index contributed by atoms with van der Waals surface area (Å²) in [5.74, 6) is 0. The standard InChI is InChI=1S/C21H36O3/c1-2-3-4-5-6-7-8-12-15-22-16-17-23-18-19-24-20-21-13-10-9-11-14-21/h9-11,13-14H,2-8,12,15-20H2,1H3. The topological polar surface area (TPSA) is 27.7 Å². The van der Waals surface area contributed by atoms with E-state index in [1.807, 2.05) is 18.2 Å². The van der Waals surface area contributed by atoms with Gasteiger partial charge in [-0.25, -0.2) is 0 Å². The van der Waals surface area contributed by atoms with Crippen molar-refractivity contribution in [1.29, 1.82) is 0 Å². The van der Waals surface area contributed by atoms with Crippen LogP contribution in [0.3, 0.4) is 0 Å². The maximum Gasteiger partial charge on any atom is 0.0718 e. The molecule has 0 aliphatic heterocycles. The molecule has 138 valence electrons. The summed E-state index contributed by atoms with van der Waals surface area (Å²) in [6.45, 7) is 6.39. The van der Waals surface area contributed by atoms with Gasteiger partial charge in [0.15, 0.2) is 0 Å². The van der Waals surface area contributed by atoms with E-state index in [4.69, 9.17) is 14.2 Å². The maximum absolute atomic E-state index is 5.59. The van der Waals surface area contributed by atoms with Crippen molar-refractivity contribution >= 4 is 0 Å². The van der Waals surface area contributed by atoms with Crippen molar-refractivity contribution in [2.45, 2.75) is 64.9 Å². The molecule has 1 aromatic carbocycles. The van der Waals surface area contributed by atoms with Gasteiger partial charge in [0.2, 0.25) is 0 Å². The van der Waals surface area contributed by atoms with E-state index in [-0.39, 0.29) is 0 Å². The van der Waals surface area contributed by atoms with Gasteiger partial charge in [-0.05, 0) is 12.0 Å². The third kappa shape index (κ3) is 13.5. The molecule has 1 rings (SSSR count). The van der Waals surface area contributed by atoms with E-state index >= 15 is 0 Å². The average molecular weight is 337 g/mol. The molecule has 0 aliphatic carbocycles. The second-order valence-corrected chi connectivity index (χ2v) is 6.24. The van der Waals surface area contributed by atoms with Crippen LogP contribution in [-0.4, -0.2) is 33.0 Å². The number of unbranched alkanes of at least 4 members (excludes halogenated alkanes) is 7. The van der Waals surface area contributed by atoms with Crippen LogP contribution in [-0.2, 0) is 20.8 Å². The zero-order valence-corrected chi connectivity index (χ0v) is 15.5. The van der Waals surface area contributed by atoms with E-state index in [9.17, 15) is 0 Å². The molecule has 0 saturated carbocycles. The van der Waals surface area contributed by atoms with E-state index in [1.54, 1.807) is 0 Å². The summed E-state index contributed by atoms with van der Waals surface area (Å²) in [4.78, 5) is 0. The molecule has 3 nitrogen and oxygen atoms in total. The molecule has 0 spiro atoms. The Hall–Kier alpha value is -0.900. The largest absolute Gasteiger partial charge is 0.379 e. The van der Waals surface area contributed by atoms with Crippen LogP contribution in [0.5, 0.6) is 0 Å². The van der Waals surface area contributed by atoms with E-state index in [0.29, 0.717) is 33.0 Å². The van der Waals surface area contributed by atoms with Gasteiger partial charge < -0.3 is 14.2 Å². The van der Waals surface area contributed by atoms with Gasteiger partial charge >= 0.3 is 0 Å². The minimum atomic E-state index is 0.632. The number of ether oxygens (including phenoxy) is 3. The molecule has 0 heterocycles. The molecular weight excluding hydrogens is 300 g/mol. The van der Waals surface area contributed by atoms with Gasteiger partial charge in [-0.2, -0.15) is 0 Å². The van der Waals surface area contributed by atoms with Gasteiger partial charge in [-0.3, -0.25) is 0 Å². The quantitative estimate of drug-likeness (QED) is 0.358. The Morgan fingerprint density at radius 2 is 1.12 bits per heavy atom. The van der Waals surface area contributed by atoms with E-state index < -0.39 is 0 Å². The molecule has 0 aromatic heterocycles. The first-order valence-corrected chi connectivity index (χ1v) is 9.70. The number of hydrogen-bond donors (Lipinski definition) is 0. The van der Waals surface area contributed by atoms with Gasteiger partial charge in [0.05, 0.1) is 33.0 Å². The second kappa shape index (κ2) is 16.9. The Bertz CT molecular complexity index is 353. The minimum Gasteiger partial charge on any atom is -0.379 e. The summed E-state index contributed by atoms with van der Waals surface area (Å²) in [7, 11) is 0. The second-order valence-electron chi connectivity index (χ2n) is 6.24. The maximum atomic E-state index is 5.59.